The van der Waals surface area contributed by atoms with E-state index in [1.165, 1.54) is 19.4 Å². The van der Waals surface area contributed by atoms with Gasteiger partial charge in [0.2, 0.25) is 0 Å². The zero-order chi connectivity index (χ0) is 13.9. The van der Waals surface area contributed by atoms with Gasteiger partial charge in [0.15, 0.2) is 0 Å². The van der Waals surface area contributed by atoms with E-state index in [2.05, 4.69) is 9.71 Å². The summed E-state index contributed by atoms with van der Waals surface area (Å²) in [5.74, 6) is 0.909. The summed E-state index contributed by atoms with van der Waals surface area (Å²) in [5, 5.41) is 0. The van der Waals surface area contributed by atoms with Gasteiger partial charge in [-0.05, 0) is 42.8 Å². The average Bonchev–Trinajstić information content (AvgIpc) is 2.38. The largest absolute Gasteiger partial charge is 0.497 e. The van der Waals surface area contributed by atoms with Crippen LogP contribution in [0.5, 0.6) is 5.75 Å². The predicted octanol–water partition coefficient (Wildman–Crippen LogP) is 2.20. The van der Waals surface area contributed by atoms with Gasteiger partial charge < -0.3 is 4.74 Å². The molecule has 2 aromatic rings. The summed E-state index contributed by atoms with van der Waals surface area (Å²) in [6, 6.07) is 9.82. The molecule has 0 aliphatic carbocycles. The molecular weight excluding hydrogens is 264 g/mol. The summed E-state index contributed by atoms with van der Waals surface area (Å²) < 4.78 is 31.9. The van der Waals surface area contributed by atoms with Crippen molar-refractivity contribution in [1.29, 1.82) is 0 Å². The third-order valence-corrected chi connectivity index (χ3v) is 4.09. The minimum absolute atomic E-state index is 0.207. The number of ether oxygens (including phenoxy) is 1. The Labute approximate surface area is 112 Å². The van der Waals surface area contributed by atoms with Crippen molar-refractivity contribution in [2.24, 2.45) is 0 Å². The van der Waals surface area contributed by atoms with Crippen molar-refractivity contribution in [1.82, 2.24) is 4.98 Å². The van der Waals surface area contributed by atoms with Gasteiger partial charge in [0, 0.05) is 6.20 Å². The maximum absolute atomic E-state index is 12.2. The van der Waals surface area contributed by atoms with Gasteiger partial charge in [-0.1, -0.05) is 6.07 Å². The van der Waals surface area contributed by atoms with Gasteiger partial charge in [-0.25, -0.2) is 13.4 Å². The zero-order valence-corrected chi connectivity index (χ0v) is 11.4. The van der Waals surface area contributed by atoms with E-state index in [4.69, 9.17) is 4.74 Å². The first-order chi connectivity index (χ1) is 9.03. The summed E-state index contributed by atoms with van der Waals surface area (Å²) in [6.07, 6.45) is 1.53. The molecule has 0 atom stereocenters. The van der Waals surface area contributed by atoms with Crippen LogP contribution in [0, 0.1) is 6.92 Å². The molecule has 100 valence electrons. The maximum Gasteiger partial charge on any atom is 0.263 e. The predicted molar refractivity (Wildman–Crippen MR) is 72.8 cm³/mol. The third-order valence-electron chi connectivity index (χ3n) is 2.58. The summed E-state index contributed by atoms with van der Waals surface area (Å²) in [6.45, 7) is 1.72. The first kappa shape index (κ1) is 13.4. The Morgan fingerprint density at radius 1 is 1.21 bits per heavy atom. The Morgan fingerprint density at radius 3 is 2.58 bits per heavy atom. The lowest BCUT2D eigenvalue weighted by Gasteiger charge is -2.10. The highest BCUT2D eigenvalue weighted by molar-refractivity contribution is 7.92. The van der Waals surface area contributed by atoms with Gasteiger partial charge in [-0.2, -0.15) is 0 Å². The van der Waals surface area contributed by atoms with E-state index in [0.29, 0.717) is 11.3 Å². The first-order valence-corrected chi connectivity index (χ1v) is 7.10. The molecular formula is C13H14N2O3S. The molecule has 1 heterocycles. The van der Waals surface area contributed by atoms with Crippen LogP contribution in [0.25, 0.3) is 0 Å². The molecule has 19 heavy (non-hydrogen) atoms. The summed E-state index contributed by atoms with van der Waals surface area (Å²) in [4.78, 5) is 4.15. The lowest BCUT2D eigenvalue weighted by atomic mass is 10.2. The maximum atomic E-state index is 12.2. The van der Waals surface area contributed by atoms with Gasteiger partial charge in [-0.15, -0.1) is 0 Å². The fraction of sp³-hybridized carbons (Fsp3) is 0.154. The van der Waals surface area contributed by atoms with Crippen molar-refractivity contribution >= 4 is 15.8 Å². The molecule has 2 rings (SSSR count). The minimum Gasteiger partial charge on any atom is -0.497 e. The zero-order valence-electron chi connectivity index (χ0n) is 10.6. The SMILES string of the molecule is COc1ccc(S(=O)(=O)Nc2ccccn2)c(C)c1. The van der Waals surface area contributed by atoms with E-state index in [1.54, 1.807) is 37.3 Å². The Bertz CT molecular complexity index is 670. The second-order valence-electron chi connectivity index (χ2n) is 3.95. The first-order valence-electron chi connectivity index (χ1n) is 5.61. The number of hydrogen-bond donors (Lipinski definition) is 1. The number of nitrogens with one attached hydrogen (secondary N) is 1. The molecule has 1 N–H and O–H groups in total. The van der Waals surface area contributed by atoms with Gasteiger partial charge in [0.1, 0.15) is 11.6 Å². The lowest BCUT2D eigenvalue weighted by molar-refractivity contribution is 0.414. The topological polar surface area (TPSA) is 68.3 Å². The van der Waals surface area contributed by atoms with Gasteiger partial charge >= 0.3 is 0 Å². The standard InChI is InChI=1S/C13H14N2O3S/c1-10-9-11(18-2)6-7-12(10)19(16,17)15-13-5-3-4-8-14-13/h3-9H,1-2H3,(H,14,15). The number of anilines is 1. The molecule has 0 spiro atoms. The van der Waals surface area contributed by atoms with Crippen LogP contribution in [0.15, 0.2) is 47.5 Å². The van der Waals surface area contributed by atoms with E-state index in [0.717, 1.165) is 0 Å². The molecule has 6 heteroatoms. The molecule has 0 aliphatic heterocycles. The van der Waals surface area contributed by atoms with Crippen molar-refractivity contribution < 1.29 is 13.2 Å². The second kappa shape index (κ2) is 5.27. The van der Waals surface area contributed by atoms with Gasteiger partial charge in [0.05, 0.1) is 12.0 Å². The van der Waals surface area contributed by atoms with Crippen molar-refractivity contribution in [3.8, 4) is 5.75 Å². The molecule has 0 bridgehead atoms. The van der Waals surface area contributed by atoms with E-state index in [-0.39, 0.29) is 10.7 Å². The molecule has 1 aromatic heterocycles. The highest BCUT2D eigenvalue weighted by atomic mass is 32.2. The summed E-state index contributed by atoms with van der Waals surface area (Å²) in [7, 11) is -2.10. The van der Waals surface area contributed by atoms with Crippen molar-refractivity contribution in [2.45, 2.75) is 11.8 Å². The normalized spacial score (nSPS) is 11.1. The van der Waals surface area contributed by atoms with Crippen molar-refractivity contribution in [2.75, 3.05) is 11.8 Å². The molecule has 5 nitrogen and oxygen atoms in total. The number of rotatable bonds is 4. The van der Waals surface area contributed by atoms with Crippen LogP contribution in [0.2, 0.25) is 0 Å². The van der Waals surface area contributed by atoms with Crippen LogP contribution >= 0.6 is 0 Å². The van der Waals surface area contributed by atoms with Gasteiger partial charge in [0.25, 0.3) is 10.0 Å². The van der Waals surface area contributed by atoms with E-state index in [1.807, 2.05) is 0 Å². The highest BCUT2D eigenvalue weighted by Gasteiger charge is 2.17. The van der Waals surface area contributed by atoms with Crippen LogP contribution in [0.4, 0.5) is 5.82 Å². The Morgan fingerprint density at radius 2 is 2.00 bits per heavy atom. The average molecular weight is 278 g/mol. The Kier molecular flexibility index (Phi) is 3.71. The Balaban J connectivity index is 2.35. The molecule has 0 saturated carbocycles. The highest BCUT2D eigenvalue weighted by Crippen LogP contribution is 2.22. The molecule has 0 amide bonds. The van der Waals surface area contributed by atoms with Crippen molar-refractivity contribution in [3.05, 3.63) is 48.2 Å². The molecule has 0 unspecified atom stereocenters. The van der Waals surface area contributed by atoms with Crippen molar-refractivity contribution in [3.63, 3.8) is 0 Å². The van der Waals surface area contributed by atoms with E-state index in [9.17, 15) is 8.42 Å². The summed E-state index contributed by atoms with van der Waals surface area (Å²) >= 11 is 0. The number of methoxy groups -OCH3 is 1. The summed E-state index contributed by atoms with van der Waals surface area (Å²) in [5.41, 5.74) is 0.614. The van der Waals surface area contributed by atoms with Crippen LogP contribution in [0.3, 0.4) is 0 Å². The van der Waals surface area contributed by atoms with Crippen LogP contribution < -0.4 is 9.46 Å². The quantitative estimate of drug-likeness (QED) is 0.931. The van der Waals surface area contributed by atoms with Crippen LogP contribution in [0.1, 0.15) is 5.56 Å². The monoisotopic (exact) mass is 278 g/mol. The third kappa shape index (κ3) is 3.03. The number of aryl methyl sites for hydroxylation is 1. The number of sulfonamides is 1. The molecule has 0 saturated heterocycles. The number of nitrogens with zero attached hydrogens (tertiary/aromatic N) is 1. The Hall–Kier alpha value is -2.08. The fourth-order valence-electron chi connectivity index (χ4n) is 1.67. The number of pyridine rings is 1. The molecule has 0 fully saturated rings. The lowest BCUT2D eigenvalue weighted by Crippen LogP contribution is -2.15. The number of hydrogen-bond acceptors (Lipinski definition) is 4. The number of aromatic nitrogens is 1. The smallest absolute Gasteiger partial charge is 0.263 e. The van der Waals surface area contributed by atoms with Crippen LogP contribution in [-0.4, -0.2) is 20.5 Å². The van der Waals surface area contributed by atoms with E-state index >= 15 is 0 Å². The molecule has 0 radical (unpaired) electrons. The van der Waals surface area contributed by atoms with Gasteiger partial charge in [-0.3, -0.25) is 4.72 Å². The fourth-order valence-corrected chi connectivity index (χ4v) is 2.90. The van der Waals surface area contributed by atoms with E-state index < -0.39 is 10.0 Å². The number of benzene rings is 1. The molecule has 0 aliphatic rings. The van der Waals surface area contributed by atoms with Crippen LogP contribution in [-0.2, 0) is 10.0 Å². The second-order valence-corrected chi connectivity index (χ2v) is 5.60. The minimum atomic E-state index is -3.64. The molecule has 1 aromatic carbocycles.